The molecule has 0 aromatic carbocycles. The van der Waals surface area contributed by atoms with Gasteiger partial charge in [0.25, 0.3) is 5.71 Å². The van der Waals surface area contributed by atoms with E-state index in [0.29, 0.717) is 5.71 Å². The molecule has 0 atom stereocenters. The highest BCUT2D eigenvalue weighted by Crippen LogP contribution is 2.33. The van der Waals surface area contributed by atoms with Gasteiger partial charge in [-0.25, -0.2) is 9.97 Å². The van der Waals surface area contributed by atoms with E-state index < -0.39 is 0 Å². The maximum Gasteiger partial charge on any atom is 0.263 e. The Kier molecular flexibility index (Phi) is 2.74. The molecule has 3 aromatic rings. The fourth-order valence-electron chi connectivity index (χ4n) is 2.49. The first-order chi connectivity index (χ1) is 9.72. The summed E-state index contributed by atoms with van der Waals surface area (Å²) in [5.74, 6) is 0.893. The van der Waals surface area contributed by atoms with Crippen molar-refractivity contribution < 1.29 is 4.52 Å². The smallest absolute Gasteiger partial charge is 0.263 e. The first kappa shape index (κ1) is 12.2. The predicted octanol–water partition coefficient (Wildman–Crippen LogP) is 2.71. The predicted molar refractivity (Wildman–Crippen MR) is 78.9 cm³/mol. The van der Waals surface area contributed by atoms with Crippen molar-refractivity contribution in [2.45, 2.75) is 19.9 Å². The third-order valence-corrected chi connectivity index (χ3v) is 4.96. The zero-order valence-corrected chi connectivity index (χ0v) is 13.0. The Morgan fingerprint density at radius 3 is 3.20 bits per heavy atom. The lowest BCUT2D eigenvalue weighted by Gasteiger charge is -2.27. The molecular formula is C12H10BrN5OS. The molecule has 0 aliphatic carbocycles. The lowest BCUT2D eigenvalue weighted by atomic mass is 10.1. The third-order valence-electron chi connectivity index (χ3n) is 3.43. The van der Waals surface area contributed by atoms with E-state index in [1.165, 1.54) is 16.9 Å². The average molecular weight is 352 g/mol. The first-order valence-electron chi connectivity index (χ1n) is 6.18. The minimum Gasteiger partial charge on any atom is -0.350 e. The van der Waals surface area contributed by atoms with Gasteiger partial charge in [-0.1, -0.05) is 5.16 Å². The van der Waals surface area contributed by atoms with E-state index in [4.69, 9.17) is 4.52 Å². The van der Waals surface area contributed by atoms with Crippen LogP contribution in [0, 0.1) is 6.92 Å². The largest absolute Gasteiger partial charge is 0.350 e. The second-order valence-electron chi connectivity index (χ2n) is 4.65. The van der Waals surface area contributed by atoms with E-state index in [0.717, 1.165) is 40.3 Å². The number of hydrogen-bond acceptors (Lipinski definition) is 7. The minimum atomic E-state index is 0.545. The topological polar surface area (TPSA) is 67.9 Å². The number of aryl methyl sites for hydroxylation is 1. The van der Waals surface area contributed by atoms with Crippen LogP contribution in [0.15, 0.2) is 14.8 Å². The summed E-state index contributed by atoms with van der Waals surface area (Å²) in [5.41, 5.74) is 2.56. The molecule has 0 fully saturated rings. The summed E-state index contributed by atoms with van der Waals surface area (Å²) in [6.45, 7) is 3.62. The standard InChI is InChI=1S/C12H10BrN5OS/c1-6-9-10(14-5-15-11(9)19-17-6)18-3-2-7-8(4-18)20-12(13)16-7/h5H,2-4H2,1H3. The van der Waals surface area contributed by atoms with Crippen LogP contribution in [0.1, 0.15) is 16.3 Å². The average Bonchev–Trinajstić information content (AvgIpc) is 3.00. The Hall–Kier alpha value is -1.54. The molecule has 4 rings (SSSR count). The van der Waals surface area contributed by atoms with Crippen molar-refractivity contribution in [2.24, 2.45) is 0 Å². The number of nitrogens with zero attached hydrogens (tertiary/aromatic N) is 5. The van der Waals surface area contributed by atoms with E-state index in [-0.39, 0.29) is 0 Å². The molecule has 8 heteroatoms. The molecule has 0 radical (unpaired) electrons. The van der Waals surface area contributed by atoms with Gasteiger partial charge in [-0.15, -0.1) is 11.3 Å². The highest BCUT2D eigenvalue weighted by Gasteiger charge is 2.24. The van der Waals surface area contributed by atoms with Crippen LogP contribution in [-0.4, -0.2) is 26.7 Å². The van der Waals surface area contributed by atoms with Gasteiger partial charge in [0.1, 0.15) is 17.5 Å². The molecule has 3 aromatic heterocycles. The van der Waals surface area contributed by atoms with Crippen LogP contribution in [0.3, 0.4) is 0 Å². The van der Waals surface area contributed by atoms with Crippen molar-refractivity contribution in [3.8, 4) is 0 Å². The number of hydrogen-bond donors (Lipinski definition) is 0. The van der Waals surface area contributed by atoms with Crippen LogP contribution in [0.2, 0.25) is 0 Å². The Labute approximate surface area is 127 Å². The monoisotopic (exact) mass is 351 g/mol. The van der Waals surface area contributed by atoms with Crippen LogP contribution < -0.4 is 4.90 Å². The Morgan fingerprint density at radius 2 is 2.30 bits per heavy atom. The highest BCUT2D eigenvalue weighted by atomic mass is 79.9. The van der Waals surface area contributed by atoms with Gasteiger partial charge >= 0.3 is 0 Å². The summed E-state index contributed by atoms with van der Waals surface area (Å²) in [7, 11) is 0. The number of fused-ring (bicyclic) bond motifs is 2. The second kappa shape index (κ2) is 4.49. The molecule has 1 aliphatic heterocycles. The van der Waals surface area contributed by atoms with E-state index in [1.807, 2.05) is 6.92 Å². The number of aromatic nitrogens is 4. The van der Waals surface area contributed by atoms with E-state index in [1.54, 1.807) is 11.3 Å². The number of anilines is 1. The van der Waals surface area contributed by atoms with Gasteiger partial charge in [0.15, 0.2) is 3.92 Å². The van der Waals surface area contributed by atoms with Crippen molar-refractivity contribution in [2.75, 3.05) is 11.4 Å². The van der Waals surface area contributed by atoms with Crippen LogP contribution in [0.25, 0.3) is 11.1 Å². The van der Waals surface area contributed by atoms with E-state index in [9.17, 15) is 0 Å². The molecule has 0 amide bonds. The molecule has 0 unspecified atom stereocenters. The lowest BCUT2D eigenvalue weighted by molar-refractivity contribution is 0.442. The summed E-state index contributed by atoms with van der Waals surface area (Å²) in [6.07, 6.45) is 2.45. The first-order valence-corrected chi connectivity index (χ1v) is 7.79. The van der Waals surface area contributed by atoms with Crippen LogP contribution in [0.4, 0.5) is 5.82 Å². The molecule has 0 saturated heterocycles. The van der Waals surface area contributed by atoms with Crippen molar-refractivity contribution in [1.82, 2.24) is 20.1 Å². The number of rotatable bonds is 1. The SMILES string of the molecule is Cc1noc2ncnc(N3CCc4nc(Br)sc4C3)c12. The fraction of sp³-hybridized carbons (Fsp3) is 0.333. The van der Waals surface area contributed by atoms with E-state index in [2.05, 4.69) is 40.9 Å². The van der Waals surface area contributed by atoms with E-state index >= 15 is 0 Å². The molecule has 0 spiro atoms. The summed E-state index contributed by atoms with van der Waals surface area (Å²) in [5, 5.41) is 4.88. The fourth-order valence-corrected chi connectivity index (χ4v) is 4.13. The summed E-state index contributed by atoms with van der Waals surface area (Å²) < 4.78 is 6.15. The Balaban J connectivity index is 1.79. The van der Waals surface area contributed by atoms with Gasteiger partial charge in [-0.05, 0) is 22.9 Å². The molecular weight excluding hydrogens is 342 g/mol. The maximum absolute atomic E-state index is 5.21. The molecule has 4 heterocycles. The van der Waals surface area contributed by atoms with Crippen molar-refractivity contribution >= 4 is 44.2 Å². The second-order valence-corrected chi connectivity index (χ2v) is 7.01. The van der Waals surface area contributed by atoms with Crippen LogP contribution >= 0.6 is 27.3 Å². The summed E-state index contributed by atoms with van der Waals surface area (Å²) in [4.78, 5) is 16.6. The quantitative estimate of drug-likeness (QED) is 0.671. The van der Waals surface area contributed by atoms with Gasteiger partial charge in [-0.3, -0.25) is 0 Å². The van der Waals surface area contributed by atoms with Crippen LogP contribution in [0.5, 0.6) is 0 Å². The molecule has 20 heavy (non-hydrogen) atoms. The molecule has 0 bridgehead atoms. The molecule has 0 saturated carbocycles. The van der Waals surface area contributed by atoms with Gasteiger partial charge < -0.3 is 9.42 Å². The normalized spacial score (nSPS) is 14.8. The lowest BCUT2D eigenvalue weighted by Crippen LogP contribution is -2.30. The summed E-state index contributed by atoms with van der Waals surface area (Å²) >= 11 is 5.13. The zero-order chi connectivity index (χ0) is 13.7. The maximum atomic E-state index is 5.21. The number of thiazole rings is 1. The molecule has 6 nitrogen and oxygen atoms in total. The van der Waals surface area contributed by atoms with Crippen molar-refractivity contribution in [1.29, 1.82) is 0 Å². The van der Waals surface area contributed by atoms with Gasteiger partial charge in [-0.2, -0.15) is 4.98 Å². The molecule has 102 valence electrons. The number of halogens is 1. The highest BCUT2D eigenvalue weighted by molar-refractivity contribution is 9.11. The van der Waals surface area contributed by atoms with Crippen molar-refractivity contribution in [3.63, 3.8) is 0 Å². The van der Waals surface area contributed by atoms with Crippen molar-refractivity contribution in [3.05, 3.63) is 26.5 Å². The van der Waals surface area contributed by atoms with Gasteiger partial charge in [0, 0.05) is 17.8 Å². The minimum absolute atomic E-state index is 0.545. The zero-order valence-electron chi connectivity index (χ0n) is 10.6. The Bertz CT molecular complexity index is 798. The van der Waals surface area contributed by atoms with Crippen LogP contribution in [-0.2, 0) is 13.0 Å². The third kappa shape index (κ3) is 1.82. The summed E-state index contributed by atoms with van der Waals surface area (Å²) in [6, 6.07) is 0. The Morgan fingerprint density at radius 1 is 1.40 bits per heavy atom. The van der Waals surface area contributed by atoms with Gasteiger partial charge in [0.2, 0.25) is 0 Å². The molecule has 1 aliphatic rings. The molecule has 0 N–H and O–H groups in total. The van der Waals surface area contributed by atoms with Gasteiger partial charge in [0.05, 0.1) is 17.9 Å².